The summed E-state index contributed by atoms with van der Waals surface area (Å²) in [6.45, 7) is 5.82. The first kappa shape index (κ1) is 10.8. The van der Waals surface area contributed by atoms with Crippen LogP contribution in [-0.2, 0) is 4.74 Å². The van der Waals surface area contributed by atoms with Gasteiger partial charge in [0.15, 0.2) is 5.96 Å². The Balaban J connectivity index is 2.61. The van der Waals surface area contributed by atoms with Gasteiger partial charge in [-0.15, -0.1) is 0 Å². The van der Waals surface area contributed by atoms with Gasteiger partial charge in [-0.3, -0.25) is 5.41 Å². The standard InChI is InChI=1S/C8H17N5O/c1-8(2)5-13(3-4-14-8)7(11)12-6(9)10/h3-5H2,1-2H3,(H5,9,10,11,12). The van der Waals surface area contributed by atoms with Crippen LogP contribution in [0.3, 0.4) is 0 Å². The minimum atomic E-state index is -0.247. The lowest BCUT2D eigenvalue weighted by atomic mass is 10.1. The molecule has 0 bridgehead atoms. The molecule has 14 heavy (non-hydrogen) atoms. The number of nitrogens with zero attached hydrogens (tertiary/aromatic N) is 2. The van der Waals surface area contributed by atoms with E-state index in [-0.39, 0.29) is 17.5 Å². The van der Waals surface area contributed by atoms with Crippen LogP contribution in [0.25, 0.3) is 0 Å². The van der Waals surface area contributed by atoms with E-state index < -0.39 is 0 Å². The summed E-state index contributed by atoms with van der Waals surface area (Å²) in [5, 5.41) is 7.61. The van der Waals surface area contributed by atoms with Gasteiger partial charge in [0.25, 0.3) is 0 Å². The molecule has 0 atom stereocenters. The highest BCUT2D eigenvalue weighted by Crippen LogP contribution is 2.16. The highest BCUT2D eigenvalue weighted by Gasteiger charge is 2.28. The summed E-state index contributed by atoms with van der Waals surface area (Å²) >= 11 is 0. The van der Waals surface area contributed by atoms with E-state index in [0.717, 1.165) is 0 Å². The molecule has 1 saturated heterocycles. The first-order valence-electron chi connectivity index (χ1n) is 4.48. The smallest absolute Gasteiger partial charge is 0.221 e. The summed E-state index contributed by atoms with van der Waals surface area (Å²) < 4.78 is 5.50. The van der Waals surface area contributed by atoms with E-state index >= 15 is 0 Å². The molecule has 1 aliphatic rings. The Morgan fingerprint density at radius 2 is 2.14 bits per heavy atom. The molecule has 0 saturated carbocycles. The highest BCUT2D eigenvalue weighted by atomic mass is 16.5. The third kappa shape index (κ3) is 2.88. The predicted octanol–water partition coefficient (Wildman–Crippen LogP) is -0.695. The summed E-state index contributed by atoms with van der Waals surface area (Å²) in [6.07, 6.45) is 0. The molecule has 1 aliphatic heterocycles. The van der Waals surface area contributed by atoms with E-state index in [9.17, 15) is 0 Å². The lowest BCUT2D eigenvalue weighted by Gasteiger charge is -2.38. The van der Waals surface area contributed by atoms with Crippen molar-refractivity contribution in [3.63, 3.8) is 0 Å². The fraction of sp³-hybridized carbons (Fsp3) is 0.750. The maximum Gasteiger partial charge on any atom is 0.221 e. The maximum absolute atomic E-state index is 7.61. The molecule has 1 fully saturated rings. The third-order valence-electron chi connectivity index (χ3n) is 1.96. The van der Waals surface area contributed by atoms with Crippen molar-refractivity contribution in [1.82, 2.24) is 4.90 Å². The summed E-state index contributed by atoms with van der Waals surface area (Å²) in [4.78, 5) is 5.49. The van der Waals surface area contributed by atoms with Crippen LogP contribution < -0.4 is 11.5 Å². The van der Waals surface area contributed by atoms with Crippen LogP contribution >= 0.6 is 0 Å². The van der Waals surface area contributed by atoms with Crippen LogP contribution in [0.4, 0.5) is 0 Å². The zero-order valence-corrected chi connectivity index (χ0v) is 8.58. The molecule has 0 aromatic carbocycles. The van der Waals surface area contributed by atoms with Gasteiger partial charge in [0.2, 0.25) is 5.96 Å². The van der Waals surface area contributed by atoms with Crippen molar-refractivity contribution in [3.05, 3.63) is 0 Å². The SMILES string of the molecule is CC1(C)CN(C(=N)N=C(N)N)CCO1. The Bertz CT molecular complexity index is 256. The highest BCUT2D eigenvalue weighted by molar-refractivity contribution is 5.91. The predicted molar refractivity (Wildman–Crippen MR) is 55.1 cm³/mol. The topological polar surface area (TPSA) is 101 Å². The van der Waals surface area contributed by atoms with Crippen molar-refractivity contribution >= 4 is 11.9 Å². The third-order valence-corrected chi connectivity index (χ3v) is 1.96. The number of guanidine groups is 2. The molecule has 0 unspecified atom stereocenters. The largest absolute Gasteiger partial charge is 0.372 e. The second-order valence-corrected chi connectivity index (χ2v) is 3.89. The van der Waals surface area contributed by atoms with Crippen LogP contribution in [-0.4, -0.2) is 42.1 Å². The van der Waals surface area contributed by atoms with Crippen molar-refractivity contribution in [2.75, 3.05) is 19.7 Å². The number of hydrogen-bond acceptors (Lipinski definition) is 2. The van der Waals surface area contributed by atoms with Crippen LogP contribution in [0, 0.1) is 5.41 Å². The molecule has 6 heteroatoms. The van der Waals surface area contributed by atoms with Crippen LogP contribution in [0.15, 0.2) is 4.99 Å². The van der Waals surface area contributed by atoms with Gasteiger partial charge in [0.1, 0.15) is 0 Å². The molecule has 0 spiro atoms. The Hall–Kier alpha value is -1.30. The number of morpholine rings is 1. The summed E-state index contributed by atoms with van der Waals surface area (Å²) in [6, 6.07) is 0. The van der Waals surface area contributed by atoms with Gasteiger partial charge in [-0.2, -0.15) is 4.99 Å². The molecule has 6 nitrogen and oxygen atoms in total. The first-order valence-corrected chi connectivity index (χ1v) is 4.48. The summed E-state index contributed by atoms with van der Waals surface area (Å²) in [5.74, 6) is 0.0145. The number of nitrogens with two attached hydrogens (primary N) is 2. The van der Waals surface area contributed by atoms with E-state index in [0.29, 0.717) is 19.7 Å². The van der Waals surface area contributed by atoms with E-state index in [1.807, 2.05) is 13.8 Å². The van der Waals surface area contributed by atoms with Crippen LogP contribution in [0.2, 0.25) is 0 Å². The summed E-state index contributed by atoms with van der Waals surface area (Å²) in [5.41, 5.74) is 10.1. The van der Waals surface area contributed by atoms with Crippen molar-refractivity contribution in [3.8, 4) is 0 Å². The Morgan fingerprint density at radius 1 is 1.50 bits per heavy atom. The minimum absolute atomic E-state index is 0.0840. The lowest BCUT2D eigenvalue weighted by molar-refractivity contribution is -0.0681. The summed E-state index contributed by atoms with van der Waals surface area (Å²) in [7, 11) is 0. The number of aliphatic imine (C=N–C) groups is 1. The fourth-order valence-electron chi connectivity index (χ4n) is 1.39. The normalized spacial score (nSPS) is 20.3. The van der Waals surface area contributed by atoms with Gasteiger partial charge in [-0.25, -0.2) is 0 Å². The zero-order valence-electron chi connectivity index (χ0n) is 8.58. The second kappa shape index (κ2) is 3.83. The molecule has 0 aromatic rings. The van der Waals surface area contributed by atoms with Crippen molar-refractivity contribution in [2.45, 2.75) is 19.4 Å². The minimum Gasteiger partial charge on any atom is -0.372 e. The molecule has 1 rings (SSSR count). The van der Waals surface area contributed by atoms with Crippen molar-refractivity contribution < 1.29 is 4.74 Å². The van der Waals surface area contributed by atoms with E-state index in [4.69, 9.17) is 21.6 Å². The molecule has 1 heterocycles. The average molecular weight is 199 g/mol. The van der Waals surface area contributed by atoms with Gasteiger partial charge in [-0.05, 0) is 13.8 Å². The lowest BCUT2D eigenvalue weighted by Crippen LogP contribution is -2.50. The number of ether oxygens (including phenoxy) is 1. The molecule has 0 amide bonds. The van der Waals surface area contributed by atoms with Gasteiger partial charge >= 0.3 is 0 Å². The first-order chi connectivity index (χ1) is 6.41. The van der Waals surface area contributed by atoms with Gasteiger partial charge in [-0.1, -0.05) is 0 Å². The van der Waals surface area contributed by atoms with E-state index in [2.05, 4.69) is 4.99 Å². The number of rotatable bonds is 0. The molecule has 0 aromatic heterocycles. The number of hydrogen-bond donors (Lipinski definition) is 3. The number of nitrogens with one attached hydrogen (secondary N) is 1. The van der Waals surface area contributed by atoms with E-state index in [1.54, 1.807) is 4.90 Å². The zero-order chi connectivity index (χ0) is 10.8. The Morgan fingerprint density at radius 3 is 2.64 bits per heavy atom. The second-order valence-electron chi connectivity index (χ2n) is 3.89. The molecule has 0 radical (unpaired) electrons. The maximum atomic E-state index is 7.61. The van der Waals surface area contributed by atoms with Crippen LogP contribution in [0.1, 0.15) is 13.8 Å². The average Bonchev–Trinajstić information content (AvgIpc) is 2.01. The molecular weight excluding hydrogens is 182 g/mol. The molecule has 80 valence electrons. The van der Waals surface area contributed by atoms with Crippen LogP contribution in [0.5, 0.6) is 0 Å². The molecule has 0 aliphatic carbocycles. The fourth-order valence-corrected chi connectivity index (χ4v) is 1.39. The Labute approximate surface area is 83.4 Å². The van der Waals surface area contributed by atoms with E-state index in [1.165, 1.54) is 0 Å². The molecule has 5 N–H and O–H groups in total. The molecular formula is C8H17N5O. The Kier molecular flexibility index (Phi) is 2.95. The van der Waals surface area contributed by atoms with Gasteiger partial charge in [0, 0.05) is 13.1 Å². The monoisotopic (exact) mass is 199 g/mol. The van der Waals surface area contributed by atoms with Crippen molar-refractivity contribution in [2.24, 2.45) is 16.5 Å². The van der Waals surface area contributed by atoms with Gasteiger partial charge < -0.3 is 21.1 Å². The quantitative estimate of drug-likeness (QED) is 0.355. The van der Waals surface area contributed by atoms with Gasteiger partial charge in [0.05, 0.1) is 12.2 Å². The van der Waals surface area contributed by atoms with Crippen molar-refractivity contribution in [1.29, 1.82) is 5.41 Å².